The van der Waals surface area contributed by atoms with Crippen molar-refractivity contribution in [3.8, 4) is 5.75 Å². The molecule has 0 aliphatic heterocycles. The minimum Gasteiger partial charge on any atom is -0.490 e. The van der Waals surface area contributed by atoms with Crippen molar-refractivity contribution in [1.82, 2.24) is 0 Å². The zero-order chi connectivity index (χ0) is 18.3. The summed E-state index contributed by atoms with van der Waals surface area (Å²) in [5, 5.41) is 4.99. The Morgan fingerprint density at radius 2 is 1.68 bits per heavy atom. The van der Waals surface area contributed by atoms with Crippen LogP contribution in [-0.4, -0.2) is 27.6 Å². The highest BCUT2D eigenvalue weighted by atomic mass is 32.2. The lowest BCUT2D eigenvalue weighted by Gasteiger charge is -2.07. The number of ether oxygens (including phenoxy) is 2. The minimum atomic E-state index is -3.74. The maximum absolute atomic E-state index is 12.7. The first-order valence-corrected chi connectivity index (χ1v) is 8.75. The third kappa shape index (κ3) is 6.36. The lowest BCUT2D eigenvalue weighted by Crippen LogP contribution is -2.12. The van der Waals surface area contributed by atoms with Crippen molar-refractivity contribution in [3.63, 3.8) is 0 Å². The Bertz CT molecular complexity index is 846. The Hall–Kier alpha value is -2.71. The third-order valence-electron chi connectivity index (χ3n) is 3.03. The second kappa shape index (κ2) is 8.41. The number of esters is 1. The van der Waals surface area contributed by atoms with Crippen LogP contribution in [0.4, 0.5) is 4.39 Å². The van der Waals surface area contributed by atoms with Crippen LogP contribution in [0, 0.1) is 5.82 Å². The summed E-state index contributed by atoms with van der Waals surface area (Å²) in [6.07, 6.45) is 2.74. The summed E-state index contributed by atoms with van der Waals surface area (Å²) in [7, 11) is -3.74. The van der Waals surface area contributed by atoms with Gasteiger partial charge in [-0.25, -0.2) is 22.7 Å². The smallest absolute Gasteiger partial charge is 0.330 e. The molecule has 0 aliphatic carbocycles. The molecule has 0 atom stereocenters. The molecule has 6 nitrogen and oxygen atoms in total. The number of hydrogen-bond acceptors (Lipinski definition) is 5. The number of sulfonamides is 1. The van der Waals surface area contributed by atoms with E-state index in [1.807, 2.05) is 0 Å². The first-order valence-electron chi connectivity index (χ1n) is 7.21. The third-order valence-corrected chi connectivity index (χ3v) is 3.96. The quantitative estimate of drug-likeness (QED) is 0.461. The van der Waals surface area contributed by atoms with E-state index in [4.69, 9.17) is 14.6 Å². The highest BCUT2D eigenvalue weighted by molar-refractivity contribution is 7.89. The number of hydrogen-bond donors (Lipinski definition) is 1. The zero-order valence-corrected chi connectivity index (χ0v) is 13.9. The van der Waals surface area contributed by atoms with E-state index in [0.29, 0.717) is 11.3 Å². The van der Waals surface area contributed by atoms with Gasteiger partial charge in [0.15, 0.2) is 0 Å². The van der Waals surface area contributed by atoms with Gasteiger partial charge in [0.25, 0.3) is 0 Å². The molecule has 0 aromatic heterocycles. The zero-order valence-electron chi connectivity index (χ0n) is 13.1. The van der Waals surface area contributed by atoms with Crippen molar-refractivity contribution >= 4 is 22.1 Å². The molecule has 2 rings (SSSR count). The summed E-state index contributed by atoms with van der Waals surface area (Å²) in [5.41, 5.74) is 0.671. The van der Waals surface area contributed by atoms with E-state index >= 15 is 0 Å². The lowest BCUT2D eigenvalue weighted by molar-refractivity contribution is -0.138. The highest BCUT2D eigenvalue weighted by Gasteiger charge is 2.07. The van der Waals surface area contributed by atoms with Crippen molar-refractivity contribution in [2.24, 2.45) is 5.14 Å². The van der Waals surface area contributed by atoms with E-state index in [-0.39, 0.29) is 23.9 Å². The molecule has 0 unspecified atom stereocenters. The molecule has 2 N–H and O–H groups in total. The Kier molecular flexibility index (Phi) is 6.26. The maximum atomic E-state index is 12.7. The summed E-state index contributed by atoms with van der Waals surface area (Å²) >= 11 is 0. The first kappa shape index (κ1) is 18.6. The molecule has 0 fully saturated rings. The molecule has 2 aromatic rings. The van der Waals surface area contributed by atoms with Crippen LogP contribution in [-0.2, 0) is 19.6 Å². The number of carbonyl (C=O) groups is 1. The van der Waals surface area contributed by atoms with Crippen LogP contribution in [0.25, 0.3) is 6.08 Å². The molecule has 2 aromatic carbocycles. The predicted octanol–water partition coefficient (Wildman–Crippen LogP) is 2.11. The summed E-state index contributed by atoms with van der Waals surface area (Å²) in [4.78, 5) is 11.5. The van der Waals surface area contributed by atoms with E-state index in [2.05, 4.69) is 0 Å². The number of nitrogens with two attached hydrogens (primary N) is 1. The number of benzene rings is 2. The number of primary sulfonamides is 1. The van der Waals surface area contributed by atoms with Gasteiger partial charge >= 0.3 is 5.97 Å². The molecule has 25 heavy (non-hydrogen) atoms. The van der Waals surface area contributed by atoms with E-state index in [1.165, 1.54) is 60.7 Å². The van der Waals surface area contributed by atoms with Crippen LogP contribution in [0.3, 0.4) is 0 Å². The van der Waals surface area contributed by atoms with Gasteiger partial charge < -0.3 is 9.47 Å². The number of rotatable bonds is 7. The van der Waals surface area contributed by atoms with E-state index in [9.17, 15) is 17.6 Å². The average molecular weight is 365 g/mol. The minimum absolute atomic E-state index is 0.0165. The molecule has 0 aliphatic rings. The van der Waals surface area contributed by atoms with E-state index < -0.39 is 16.0 Å². The second-order valence-electron chi connectivity index (χ2n) is 4.92. The van der Waals surface area contributed by atoms with Crippen molar-refractivity contribution in [2.75, 3.05) is 13.2 Å². The van der Waals surface area contributed by atoms with E-state index in [1.54, 1.807) is 0 Å². The first-order chi connectivity index (χ1) is 11.8. The molecular formula is C17H16FNO5S. The van der Waals surface area contributed by atoms with Crippen molar-refractivity contribution in [1.29, 1.82) is 0 Å². The molecule has 0 saturated heterocycles. The fourth-order valence-electron chi connectivity index (χ4n) is 1.81. The van der Waals surface area contributed by atoms with Gasteiger partial charge in [0.05, 0.1) is 4.90 Å². The van der Waals surface area contributed by atoms with Crippen LogP contribution in [0.2, 0.25) is 0 Å². The van der Waals surface area contributed by atoms with Gasteiger partial charge in [0.1, 0.15) is 24.8 Å². The van der Waals surface area contributed by atoms with Gasteiger partial charge in [-0.05, 0) is 48.0 Å². The van der Waals surface area contributed by atoms with E-state index in [0.717, 1.165) is 0 Å². The molecule has 132 valence electrons. The van der Waals surface area contributed by atoms with Crippen LogP contribution >= 0.6 is 0 Å². The van der Waals surface area contributed by atoms with Crippen LogP contribution < -0.4 is 9.88 Å². The van der Waals surface area contributed by atoms with Crippen LogP contribution in [0.5, 0.6) is 5.75 Å². The molecule has 0 spiro atoms. The Balaban J connectivity index is 1.73. The SMILES string of the molecule is NS(=O)(=O)c1ccc(OCCOC(=O)/C=C/c2ccc(F)cc2)cc1. The molecule has 0 amide bonds. The topological polar surface area (TPSA) is 95.7 Å². The van der Waals surface area contributed by atoms with Crippen molar-refractivity contribution in [2.45, 2.75) is 4.90 Å². The largest absolute Gasteiger partial charge is 0.490 e. The summed E-state index contributed by atoms with van der Waals surface area (Å²) in [5.74, 6) is -0.489. The van der Waals surface area contributed by atoms with Crippen LogP contribution in [0.15, 0.2) is 59.5 Å². The summed E-state index contributed by atoms with van der Waals surface area (Å²) in [6.45, 7) is 0.119. The van der Waals surface area contributed by atoms with Gasteiger partial charge in [-0.2, -0.15) is 0 Å². The van der Waals surface area contributed by atoms with Gasteiger partial charge in [-0.15, -0.1) is 0 Å². The van der Waals surface area contributed by atoms with Gasteiger partial charge in [0.2, 0.25) is 10.0 Å². The van der Waals surface area contributed by atoms with Crippen molar-refractivity contribution in [3.05, 3.63) is 66.0 Å². The number of halogens is 1. The Morgan fingerprint density at radius 1 is 1.04 bits per heavy atom. The predicted molar refractivity (Wildman–Crippen MR) is 89.7 cm³/mol. The standard InChI is InChI=1S/C17H16FNO5S/c18-14-4-1-13(2-5-14)3-10-17(20)24-12-11-23-15-6-8-16(9-7-15)25(19,21)22/h1-10H,11-12H2,(H2,19,21,22)/b10-3+. The molecule has 8 heteroatoms. The fraction of sp³-hybridized carbons (Fsp3) is 0.118. The average Bonchev–Trinajstić information content (AvgIpc) is 2.58. The van der Waals surface area contributed by atoms with Gasteiger partial charge in [-0.3, -0.25) is 0 Å². The monoisotopic (exact) mass is 365 g/mol. The van der Waals surface area contributed by atoms with Gasteiger partial charge in [0, 0.05) is 6.08 Å². The van der Waals surface area contributed by atoms with Gasteiger partial charge in [-0.1, -0.05) is 12.1 Å². The Morgan fingerprint density at radius 3 is 2.28 bits per heavy atom. The fourth-order valence-corrected chi connectivity index (χ4v) is 2.33. The van der Waals surface area contributed by atoms with Crippen LogP contribution in [0.1, 0.15) is 5.56 Å². The molecule has 0 radical (unpaired) electrons. The second-order valence-corrected chi connectivity index (χ2v) is 6.48. The lowest BCUT2D eigenvalue weighted by atomic mass is 10.2. The maximum Gasteiger partial charge on any atom is 0.330 e. The summed E-state index contributed by atoms with van der Waals surface area (Å²) < 4.78 is 45.2. The summed E-state index contributed by atoms with van der Waals surface area (Å²) in [6, 6.07) is 11.2. The molecule has 0 bridgehead atoms. The molecule has 0 heterocycles. The molecule has 0 saturated carbocycles. The highest BCUT2D eigenvalue weighted by Crippen LogP contribution is 2.14. The molecular weight excluding hydrogens is 349 g/mol. The Labute approximate surface area is 144 Å². The van der Waals surface area contributed by atoms with Crippen molar-refractivity contribution < 1.29 is 27.1 Å². The normalized spacial score (nSPS) is 11.4. The number of carbonyl (C=O) groups excluding carboxylic acids is 1.